The van der Waals surface area contributed by atoms with Crippen molar-refractivity contribution in [2.24, 2.45) is 7.05 Å². The first-order valence-electron chi connectivity index (χ1n) is 8.74. The molecule has 144 valence electrons. The lowest BCUT2D eigenvalue weighted by molar-refractivity contribution is -0.139. The average molecular weight is 372 g/mol. The van der Waals surface area contributed by atoms with Crippen LogP contribution in [0.4, 0.5) is 0 Å². The number of ether oxygens (including phenoxy) is 3. The number of methoxy groups -OCH3 is 2. The molecule has 0 radical (unpaired) electrons. The Morgan fingerprint density at radius 3 is 2.44 bits per heavy atom. The van der Waals surface area contributed by atoms with Crippen LogP contribution >= 0.6 is 0 Å². The molecule has 2 heterocycles. The highest BCUT2D eigenvalue weighted by molar-refractivity contribution is 5.80. The molecule has 7 heteroatoms. The maximum atomic E-state index is 12.4. The summed E-state index contributed by atoms with van der Waals surface area (Å²) < 4.78 is 17.9. The molecule has 7 nitrogen and oxygen atoms in total. The molecule has 0 N–H and O–H groups in total. The third kappa shape index (κ3) is 4.07. The maximum absolute atomic E-state index is 12.4. The van der Waals surface area contributed by atoms with Crippen LogP contribution in [-0.2, 0) is 18.3 Å². The van der Waals surface area contributed by atoms with E-state index in [9.17, 15) is 9.59 Å². The smallest absolute Gasteiger partial charge is 0.254 e. The van der Waals surface area contributed by atoms with Gasteiger partial charge in [0.15, 0.2) is 11.5 Å². The van der Waals surface area contributed by atoms with Crippen molar-refractivity contribution in [1.82, 2.24) is 9.47 Å². The Morgan fingerprint density at radius 1 is 1.11 bits per heavy atom. The molecule has 1 aromatic heterocycles. The molecule has 1 aromatic carbocycles. The van der Waals surface area contributed by atoms with Gasteiger partial charge in [0.2, 0.25) is 5.91 Å². The maximum Gasteiger partial charge on any atom is 0.254 e. The normalized spacial score (nSPS) is 13.9. The number of nitrogens with zero attached hydrogens (tertiary/aromatic N) is 2. The van der Waals surface area contributed by atoms with Crippen LogP contribution in [-0.4, -0.2) is 48.8 Å². The van der Waals surface area contributed by atoms with E-state index in [4.69, 9.17) is 14.2 Å². The SMILES string of the molecule is COc1ccc(CC(=O)N2CC(Oc3cc(C)n(C)c(=O)c3)C2)cc1OC. The van der Waals surface area contributed by atoms with E-state index in [-0.39, 0.29) is 24.0 Å². The van der Waals surface area contributed by atoms with E-state index in [0.717, 1.165) is 11.3 Å². The van der Waals surface area contributed by atoms with Crippen molar-refractivity contribution in [3.63, 3.8) is 0 Å². The fourth-order valence-electron chi connectivity index (χ4n) is 2.99. The molecule has 1 aliphatic heterocycles. The number of pyridine rings is 1. The van der Waals surface area contributed by atoms with Gasteiger partial charge in [-0.1, -0.05) is 6.07 Å². The van der Waals surface area contributed by atoms with Crippen molar-refractivity contribution >= 4 is 5.91 Å². The van der Waals surface area contributed by atoms with Crippen molar-refractivity contribution in [2.45, 2.75) is 19.4 Å². The third-order valence-electron chi connectivity index (χ3n) is 4.78. The molecule has 0 unspecified atom stereocenters. The van der Waals surface area contributed by atoms with Gasteiger partial charge in [-0.25, -0.2) is 0 Å². The number of aromatic nitrogens is 1. The largest absolute Gasteiger partial charge is 0.493 e. The van der Waals surface area contributed by atoms with Gasteiger partial charge in [0.25, 0.3) is 5.56 Å². The predicted octanol–water partition coefficient (Wildman–Crippen LogP) is 1.54. The quantitative estimate of drug-likeness (QED) is 0.769. The highest BCUT2D eigenvalue weighted by Crippen LogP contribution is 2.28. The number of aryl methyl sites for hydroxylation is 1. The summed E-state index contributed by atoms with van der Waals surface area (Å²) in [5, 5.41) is 0. The predicted molar refractivity (Wildman–Crippen MR) is 101 cm³/mol. The summed E-state index contributed by atoms with van der Waals surface area (Å²) in [6, 6.07) is 8.76. The summed E-state index contributed by atoms with van der Waals surface area (Å²) in [6.07, 6.45) is 0.198. The molecule has 1 saturated heterocycles. The van der Waals surface area contributed by atoms with Crippen LogP contribution in [0.5, 0.6) is 17.2 Å². The number of hydrogen-bond donors (Lipinski definition) is 0. The second-order valence-corrected chi connectivity index (χ2v) is 6.63. The van der Waals surface area contributed by atoms with E-state index in [1.165, 1.54) is 6.07 Å². The summed E-state index contributed by atoms with van der Waals surface area (Å²) in [5.74, 6) is 1.82. The summed E-state index contributed by atoms with van der Waals surface area (Å²) >= 11 is 0. The van der Waals surface area contributed by atoms with E-state index >= 15 is 0 Å². The van der Waals surface area contributed by atoms with E-state index in [0.29, 0.717) is 30.3 Å². The number of carbonyl (C=O) groups excluding carboxylic acids is 1. The zero-order chi connectivity index (χ0) is 19.6. The Kier molecular flexibility index (Phi) is 5.39. The molecule has 0 atom stereocenters. The van der Waals surface area contributed by atoms with Crippen LogP contribution in [0.15, 0.2) is 35.1 Å². The Hall–Kier alpha value is -2.96. The van der Waals surface area contributed by atoms with Crippen molar-refractivity contribution in [2.75, 3.05) is 27.3 Å². The molecule has 0 saturated carbocycles. The van der Waals surface area contributed by atoms with Gasteiger partial charge < -0.3 is 23.7 Å². The zero-order valence-corrected chi connectivity index (χ0v) is 16.0. The molecule has 0 bridgehead atoms. The molecule has 0 spiro atoms. The van der Waals surface area contributed by atoms with Gasteiger partial charge in [-0.15, -0.1) is 0 Å². The second-order valence-electron chi connectivity index (χ2n) is 6.63. The van der Waals surface area contributed by atoms with Crippen LogP contribution in [0.3, 0.4) is 0 Å². The standard InChI is InChI=1S/C20H24N2O5/c1-13-7-15(10-19(23)21(13)2)27-16-11-22(12-16)20(24)9-14-5-6-17(25-3)18(8-14)26-4/h5-8,10,16H,9,11-12H2,1-4H3. The van der Waals surface area contributed by atoms with Crippen LogP contribution < -0.4 is 19.8 Å². The van der Waals surface area contributed by atoms with Gasteiger partial charge in [-0.3, -0.25) is 9.59 Å². The van der Waals surface area contributed by atoms with Gasteiger partial charge in [0.1, 0.15) is 11.9 Å². The van der Waals surface area contributed by atoms with Crippen LogP contribution in [0.25, 0.3) is 0 Å². The van der Waals surface area contributed by atoms with Gasteiger partial charge in [0.05, 0.1) is 33.7 Å². The number of benzene rings is 1. The van der Waals surface area contributed by atoms with Crippen molar-refractivity contribution in [3.8, 4) is 17.2 Å². The van der Waals surface area contributed by atoms with Crippen LogP contribution in [0.1, 0.15) is 11.3 Å². The van der Waals surface area contributed by atoms with E-state index in [1.54, 1.807) is 36.8 Å². The first-order chi connectivity index (χ1) is 12.9. The summed E-state index contributed by atoms with van der Waals surface area (Å²) in [7, 11) is 4.87. The number of carbonyl (C=O) groups is 1. The van der Waals surface area contributed by atoms with Crippen molar-refractivity contribution < 1.29 is 19.0 Å². The fourth-order valence-corrected chi connectivity index (χ4v) is 2.99. The van der Waals surface area contributed by atoms with E-state index < -0.39 is 0 Å². The molecule has 0 aliphatic carbocycles. The number of rotatable bonds is 6. The van der Waals surface area contributed by atoms with Gasteiger partial charge >= 0.3 is 0 Å². The molecule has 27 heavy (non-hydrogen) atoms. The lowest BCUT2D eigenvalue weighted by Gasteiger charge is -2.39. The topological polar surface area (TPSA) is 70.0 Å². The average Bonchev–Trinajstić information content (AvgIpc) is 2.61. The molecular weight excluding hydrogens is 348 g/mol. The minimum atomic E-state index is -0.106. The molecule has 3 rings (SSSR count). The minimum absolute atomic E-state index is 0.0298. The lowest BCUT2D eigenvalue weighted by Crippen LogP contribution is -2.56. The molecule has 1 aliphatic rings. The number of hydrogen-bond acceptors (Lipinski definition) is 5. The minimum Gasteiger partial charge on any atom is -0.493 e. The monoisotopic (exact) mass is 372 g/mol. The third-order valence-corrected chi connectivity index (χ3v) is 4.78. The van der Waals surface area contributed by atoms with Crippen molar-refractivity contribution in [3.05, 3.63) is 51.9 Å². The molecule has 2 aromatic rings. The Labute approximate surface area is 158 Å². The number of likely N-dealkylation sites (tertiary alicyclic amines) is 1. The highest BCUT2D eigenvalue weighted by atomic mass is 16.5. The summed E-state index contributed by atoms with van der Waals surface area (Å²) in [4.78, 5) is 26.0. The van der Waals surface area contributed by atoms with E-state index in [1.807, 2.05) is 25.1 Å². The first kappa shape index (κ1) is 18.8. The summed E-state index contributed by atoms with van der Waals surface area (Å²) in [5.41, 5.74) is 1.59. The fraction of sp³-hybridized carbons (Fsp3) is 0.400. The zero-order valence-electron chi connectivity index (χ0n) is 16.0. The Bertz CT molecular complexity index is 900. The highest BCUT2D eigenvalue weighted by Gasteiger charge is 2.32. The lowest BCUT2D eigenvalue weighted by atomic mass is 10.1. The second kappa shape index (κ2) is 7.73. The molecule has 1 fully saturated rings. The molecule has 1 amide bonds. The van der Waals surface area contributed by atoms with Crippen molar-refractivity contribution in [1.29, 1.82) is 0 Å². The Morgan fingerprint density at radius 2 is 1.81 bits per heavy atom. The van der Waals surface area contributed by atoms with Gasteiger partial charge in [-0.2, -0.15) is 0 Å². The first-order valence-corrected chi connectivity index (χ1v) is 8.74. The van der Waals surface area contributed by atoms with Gasteiger partial charge in [0, 0.05) is 18.8 Å². The van der Waals surface area contributed by atoms with Crippen LogP contribution in [0.2, 0.25) is 0 Å². The van der Waals surface area contributed by atoms with Gasteiger partial charge in [-0.05, 0) is 30.7 Å². The summed E-state index contributed by atoms with van der Waals surface area (Å²) in [6.45, 7) is 2.88. The number of amides is 1. The Balaban J connectivity index is 1.55. The van der Waals surface area contributed by atoms with E-state index in [2.05, 4.69) is 0 Å². The molecular formula is C20H24N2O5. The van der Waals surface area contributed by atoms with Crippen LogP contribution in [0, 0.1) is 6.92 Å².